The van der Waals surface area contributed by atoms with Gasteiger partial charge in [0.15, 0.2) is 0 Å². The van der Waals surface area contributed by atoms with Gasteiger partial charge in [-0.3, -0.25) is 0 Å². The van der Waals surface area contributed by atoms with E-state index in [-0.39, 0.29) is 0 Å². The molecular weight excluding hydrogens is 318 g/mol. The summed E-state index contributed by atoms with van der Waals surface area (Å²) in [6.45, 7) is 1.55. The van der Waals surface area contributed by atoms with Crippen LogP contribution >= 0.6 is 11.6 Å². The average molecular weight is 344 g/mol. The molecule has 1 saturated carbocycles. The van der Waals surface area contributed by atoms with Crippen molar-refractivity contribution in [2.45, 2.75) is 45.1 Å². The molecule has 0 atom stereocenters. The van der Waals surface area contributed by atoms with Crippen LogP contribution in [0.3, 0.4) is 0 Å². The van der Waals surface area contributed by atoms with E-state index in [1.807, 2.05) is 36.4 Å². The lowest BCUT2D eigenvalue weighted by atomic mass is 9.87. The number of hydrogen-bond acceptors (Lipinski definition) is 2. The first-order valence-corrected chi connectivity index (χ1v) is 9.39. The van der Waals surface area contributed by atoms with Crippen LogP contribution in [0.25, 0.3) is 0 Å². The molecule has 2 aromatic carbocycles. The molecule has 0 heterocycles. The normalized spacial score (nSPS) is 15.2. The third-order valence-corrected chi connectivity index (χ3v) is 5.18. The molecule has 1 N–H and O–H groups in total. The summed E-state index contributed by atoms with van der Waals surface area (Å²) in [5.74, 6) is 1.82. The number of anilines is 1. The van der Waals surface area contributed by atoms with Gasteiger partial charge in [-0.05, 0) is 48.2 Å². The van der Waals surface area contributed by atoms with E-state index in [1.54, 1.807) is 0 Å². The summed E-state index contributed by atoms with van der Waals surface area (Å²) in [4.78, 5) is 0. The minimum Gasteiger partial charge on any atom is -0.494 e. The second kappa shape index (κ2) is 8.98. The number of benzene rings is 2. The van der Waals surface area contributed by atoms with Gasteiger partial charge in [-0.1, -0.05) is 61.9 Å². The van der Waals surface area contributed by atoms with E-state index in [1.165, 1.54) is 38.5 Å². The van der Waals surface area contributed by atoms with Crippen molar-refractivity contribution in [1.82, 2.24) is 0 Å². The molecule has 0 aromatic heterocycles. The Kier molecular flexibility index (Phi) is 6.42. The van der Waals surface area contributed by atoms with E-state index in [0.717, 1.165) is 41.1 Å². The third kappa shape index (κ3) is 5.17. The Morgan fingerprint density at radius 1 is 0.958 bits per heavy atom. The highest BCUT2D eigenvalue weighted by atomic mass is 35.5. The molecule has 1 aliphatic rings. The molecule has 1 aliphatic carbocycles. The Morgan fingerprint density at radius 3 is 2.46 bits per heavy atom. The van der Waals surface area contributed by atoms with Crippen LogP contribution in [0.15, 0.2) is 48.5 Å². The molecule has 0 radical (unpaired) electrons. The Labute approximate surface area is 150 Å². The first-order chi connectivity index (χ1) is 11.8. The lowest BCUT2D eigenvalue weighted by molar-refractivity contribution is 0.246. The highest BCUT2D eigenvalue weighted by Crippen LogP contribution is 2.26. The molecule has 3 heteroatoms. The highest BCUT2D eigenvalue weighted by molar-refractivity contribution is 6.31. The first kappa shape index (κ1) is 17.2. The lowest BCUT2D eigenvalue weighted by Gasteiger charge is -2.21. The Bertz CT molecular complexity index is 620. The smallest absolute Gasteiger partial charge is 0.119 e. The molecule has 0 saturated heterocycles. The van der Waals surface area contributed by atoms with Gasteiger partial charge in [0.2, 0.25) is 0 Å². The van der Waals surface area contributed by atoms with Crippen molar-refractivity contribution in [3.05, 3.63) is 59.1 Å². The van der Waals surface area contributed by atoms with Crippen LogP contribution in [-0.4, -0.2) is 6.61 Å². The van der Waals surface area contributed by atoms with E-state index in [0.29, 0.717) is 0 Å². The van der Waals surface area contributed by atoms with Crippen LogP contribution in [0, 0.1) is 5.92 Å². The summed E-state index contributed by atoms with van der Waals surface area (Å²) in [7, 11) is 0. The van der Waals surface area contributed by atoms with Gasteiger partial charge in [-0.2, -0.15) is 0 Å². The predicted octanol–water partition coefficient (Wildman–Crippen LogP) is 6.30. The van der Waals surface area contributed by atoms with Gasteiger partial charge in [0.05, 0.1) is 6.61 Å². The van der Waals surface area contributed by atoms with Crippen LogP contribution < -0.4 is 10.1 Å². The van der Waals surface area contributed by atoms with Gasteiger partial charge < -0.3 is 10.1 Å². The Morgan fingerprint density at radius 2 is 1.71 bits per heavy atom. The summed E-state index contributed by atoms with van der Waals surface area (Å²) < 4.78 is 5.90. The second-order valence-electron chi connectivity index (χ2n) is 6.61. The quantitative estimate of drug-likeness (QED) is 0.636. The standard InChI is InChI=1S/C21H26ClNO/c22-21-9-5-4-8-18(21)16-23-19-10-12-20(13-11-19)24-15-14-17-6-2-1-3-7-17/h4-5,8-13,17,23H,1-3,6-7,14-16H2. The summed E-state index contributed by atoms with van der Waals surface area (Å²) in [6.07, 6.45) is 8.17. The molecule has 2 aromatic rings. The van der Waals surface area contributed by atoms with Gasteiger partial charge in [-0.25, -0.2) is 0 Å². The van der Waals surface area contributed by atoms with E-state index >= 15 is 0 Å². The molecular formula is C21H26ClNO. The molecule has 24 heavy (non-hydrogen) atoms. The molecule has 0 aliphatic heterocycles. The maximum absolute atomic E-state index is 6.18. The van der Waals surface area contributed by atoms with Gasteiger partial charge in [-0.15, -0.1) is 0 Å². The number of nitrogens with one attached hydrogen (secondary N) is 1. The zero-order chi connectivity index (χ0) is 16.6. The topological polar surface area (TPSA) is 21.3 Å². The van der Waals surface area contributed by atoms with Crippen LogP contribution in [-0.2, 0) is 6.54 Å². The fourth-order valence-corrected chi connectivity index (χ4v) is 3.53. The summed E-state index contributed by atoms with van der Waals surface area (Å²) >= 11 is 6.18. The zero-order valence-corrected chi connectivity index (χ0v) is 14.9. The maximum Gasteiger partial charge on any atom is 0.119 e. The first-order valence-electron chi connectivity index (χ1n) is 9.01. The molecule has 0 unspecified atom stereocenters. The van der Waals surface area contributed by atoms with E-state index in [4.69, 9.17) is 16.3 Å². The minimum absolute atomic E-state index is 0.724. The van der Waals surface area contributed by atoms with Crippen molar-refractivity contribution in [1.29, 1.82) is 0 Å². The van der Waals surface area contributed by atoms with Crippen molar-refractivity contribution in [2.75, 3.05) is 11.9 Å². The average Bonchev–Trinajstić information content (AvgIpc) is 2.63. The lowest BCUT2D eigenvalue weighted by Crippen LogP contribution is -2.10. The highest BCUT2D eigenvalue weighted by Gasteiger charge is 2.13. The Balaban J connectivity index is 1.42. The molecule has 0 spiro atoms. The number of hydrogen-bond donors (Lipinski definition) is 1. The van der Waals surface area contributed by atoms with Gasteiger partial charge in [0.1, 0.15) is 5.75 Å². The Hall–Kier alpha value is -1.67. The van der Waals surface area contributed by atoms with Crippen LogP contribution in [0.1, 0.15) is 44.1 Å². The SMILES string of the molecule is Clc1ccccc1CNc1ccc(OCCC2CCCCC2)cc1. The number of halogens is 1. The van der Waals surface area contributed by atoms with E-state index < -0.39 is 0 Å². The maximum atomic E-state index is 6.18. The van der Waals surface area contributed by atoms with Crippen LogP contribution in [0.5, 0.6) is 5.75 Å². The third-order valence-electron chi connectivity index (χ3n) is 4.81. The van der Waals surface area contributed by atoms with Crippen molar-refractivity contribution in [2.24, 2.45) is 5.92 Å². The second-order valence-corrected chi connectivity index (χ2v) is 7.02. The molecule has 128 valence electrons. The van der Waals surface area contributed by atoms with Crippen molar-refractivity contribution >= 4 is 17.3 Å². The number of ether oxygens (including phenoxy) is 1. The van der Waals surface area contributed by atoms with E-state index in [2.05, 4.69) is 17.4 Å². The largest absolute Gasteiger partial charge is 0.494 e. The van der Waals surface area contributed by atoms with Gasteiger partial charge in [0.25, 0.3) is 0 Å². The molecule has 0 amide bonds. The predicted molar refractivity (Wildman–Crippen MR) is 102 cm³/mol. The zero-order valence-electron chi connectivity index (χ0n) is 14.1. The van der Waals surface area contributed by atoms with Crippen molar-refractivity contribution < 1.29 is 4.74 Å². The molecule has 2 nitrogen and oxygen atoms in total. The monoisotopic (exact) mass is 343 g/mol. The van der Waals surface area contributed by atoms with Crippen LogP contribution in [0.2, 0.25) is 5.02 Å². The number of rotatable bonds is 7. The minimum atomic E-state index is 0.724. The molecule has 3 rings (SSSR count). The fraction of sp³-hybridized carbons (Fsp3) is 0.429. The van der Waals surface area contributed by atoms with Gasteiger partial charge in [0, 0.05) is 17.3 Å². The molecule has 0 bridgehead atoms. The van der Waals surface area contributed by atoms with Crippen molar-refractivity contribution in [3.8, 4) is 5.75 Å². The summed E-state index contributed by atoms with van der Waals surface area (Å²) in [5.41, 5.74) is 2.18. The summed E-state index contributed by atoms with van der Waals surface area (Å²) in [6, 6.07) is 16.1. The summed E-state index contributed by atoms with van der Waals surface area (Å²) in [5, 5.41) is 4.20. The fourth-order valence-electron chi connectivity index (χ4n) is 3.33. The van der Waals surface area contributed by atoms with Crippen molar-refractivity contribution in [3.63, 3.8) is 0 Å². The van der Waals surface area contributed by atoms with Crippen LogP contribution in [0.4, 0.5) is 5.69 Å². The van der Waals surface area contributed by atoms with E-state index in [9.17, 15) is 0 Å². The molecule has 1 fully saturated rings. The van der Waals surface area contributed by atoms with Gasteiger partial charge >= 0.3 is 0 Å².